The number of nitrogens with two attached hydrogens (primary N) is 1. The highest BCUT2D eigenvalue weighted by molar-refractivity contribution is 9.10. The Morgan fingerprint density at radius 2 is 2.14 bits per heavy atom. The fraction of sp³-hybridized carbons (Fsp3) is 0.143. The lowest BCUT2D eigenvalue weighted by Gasteiger charge is -2.08. The van der Waals surface area contributed by atoms with Crippen LogP contribution < -0.4 is 20.5 Å². The third-order valence-electron chi connectivity index (χ3n) is 3.02. The number of amides is 1. The van der Waals surface area contributed by atoms with Crippen LogP contribution in [0.5, 0.6) is 11.5 Å². The fourth-order valence-corrected chi connectivity index (χ4v) is 2.29. The Labute approximate surface area is 129 Å². The molecule has 0 atom stereocenters. The van der Waals surface area contributed by atoms with Crippen LogP contribution in [-0.2, 0) is 6.54 Å². The number of hydrogen-bond donors (Lipinski definition) is 2. The van der Waals surface area contributed by atoms with Gasteiger partial charge in [-0.1, -0.05) is 6.07 Å². The molecule has 0 saturated heterocycles. The van der Waals surface area contributed by atoms with Crippen LogP contribution in [-0.4, -0.2) is 17.7 Å². The first-order valence-electron chi connectivity index (χ1n) is 6.21. The molecule has 108 valence electrons. The van der Waals surface area contributed by atoms with Crippen molar-refractivity contribution in [2.24, 2.45) is 0 Å². The average molecular weight is 350 g/mol. The fourth-order valence-electron chi connectivity index (χ4n) is 1.96. The van der Waals surface area contributed by atoms with Crippen LogP contribution in [0.25, 0.3) is 0 Å². The summed E-state index contributed by atoms with van der Waals surface area (Å²) in [6, 6.07) is 7.16. The molecule has 0 fully saturated rings. The predicted molar refractivity (Wildman–Crippen MR) is 80.1 cm³/mol. The van der Waals surface area contributed by atoms with Gasteiger partial charge >= 0.3 is 0 Å². The summed E-state index contributed by atoms with van der Waals surface area (Å²) in [7, 11) is 0. The maximum Gasteiger partial charge on any atom is 0.255 e. The third kappa shape index (κ3) is 2.92. The molecule has 1 aromatic heterocycles. The number of ether oxygens (including phenoxy) is 2. The monoisotopic (exact) mass is 349 g/mol. The lowest BCUT2D eigenvalue weighted by Crippen LogP contribution is -2.24. The summed E-state index contributed by atoms with van der Waals surface area (Å²) in [6.45, 7) is 0.590. The van der Waals surface area contributed by atoms with E-state index in [1.54, 1.807) is 12.3 Å². The highest BCUT2D eigenvalue weighted by atomic mass is 79.9. The van der Waals surface area contributed by atoms with Gasteiger partial charge in [0, 0.05) is 17.2 Å². The molecule has 0 unspecified atom stereocenters. The van der Waals surface area contributed by atoms with E-state index in [1.165, 1.54) is 0 Å². The molecule has 0 bridgehead atoms. The number of fused-ring (bicyclic) bond motifs is 1. The van der Waals surface area contributed by atoms with E-state index in [0.717, 1.165) is 5.56 Å². The lowest BCUT2D eigenvalue weighted by atomic mass is 10.2. The van der Waals surface area contributed by atoms with Crippen LogP contribution in [0, 0.1) is 0 Å². The number of hydrogen-bond acceptors (Lipinski definition) is 5. The van der Waals surface area contributed by atoms with Gasteiger partial charge in [-0.05, 0) is 39.7 Å². The van der Waals surface area contributed by atoms with Crippen LogP contribution in [0.3, 0.4) is 0 Å². The Balaban J connectivity index is 1.70. The molecule has 0 spiro atoms. The predicted octanol–water partition coefficient (Wildman–Crippen LogP) is 2.08. The smallest absolute Gasteiger partial charge is 0.255 e. The van der Waals surface area contributed by atoms with Gasteiger partial charge in [-0.25, -0.2) is 4.98 Å². The first-order chi connectivity index (χ1) is 10.1. The zero-order valence-electron chi connectivity index (χ0n) is 10.9. The van der Waals surface area contributed by atoms with Crippen molar-refractivity contribution in [1.82, 2.24) is 10.3 Å². The Hall–Kier alpha value is -2.28. The molecule has 3 N–H and O–H groups in total. The number of nitrogens with zero attached hydrogens (tertiary/aromatic N) is 1. The summed E-state index contributed by atoms with van der Waals surface area (Å²) in [4.78, 5) is 16.1. The SMILES string of the molecule is Nc1ncc(Br)cc1C(=O)NCc1ccc2c(c1)OCO2. The molecule has 1 aliphatic rings. The highest BCUT2D eigenvalue weighted by Gasteiger charge is 2.14. The molecule has 0 radical (unpaired) electrons. The Morgan fingerprint density at radius 1 is 1.33 bits per heavy atom. The van der Waals surface area contributed by atoms with Crippen molar-refractivity contribution in [3.05, 3.63) is 46.1 Å². The first-order valence-corrected chi connectivity index (χ1v) is 7.00. The minimum absolute atomic E-state index is 0.196. The van der Waals surface area contributed by atoms with Crippen LogP contribution in [0.1, 0.15) is 15.9 Å². The summed E-state index contributed by atoms with van der Waals surface area (Å²) >= 11 is 3.27. The van der Waals surface area contributed by atoms with Crippen LogP contribution in [0.15, 0.2) is 34.9 Å². The number of aromatic nitrogens is 1. The number of nitrogens with one attached hydrogen (secondary N) is 1. The van der Waals surface area contributed by atoms with Gasteiger partial charge in [0.25, 0.3) is 5.91 Å². The molecule has 1 aromatic carbocycles. The van der Waals surface area contributed by atoms with E-state index >= 15 is 0 Å². The van der Waals surface area contributed by atoms with E-state index in [1.807, 2.05) is 18.2 Å². The van der Waals surface area contributed by atoms with E-state index in [0.29, 0.717) is 28.1 Å². The summed E-state index contributed by atoms with van der Waals surface area (Å²) in [5, 5.41) is 2.80. The normalized spacial score (nSPS) is 12.2. The number of carbonyl (C=O) groups excluding carboxylic acids is 1. The van der Waals surface area contributed by atoms with Crippen molar-refractivity contribution in [2.75, 3.05) is 12.5 Å². The summed E-state index contributed by atoms with van der Waals surface area (Å²) in [6.07, 6.45) is 1.55. The van der Waals surface area contributed by atoms with E-state index in [2.05, 4.69) is 26.2 Å². The molecule has 2 heterocycles. The first kappa shape index (κ1) is 13.7. The van der Waals surface area contributed by atoms with Gasteiger partial charge < -0.3 is 20.5 Å². The number of nitrogen functional groups attached to an aromatic ring is 1. The number of rotatable bonds is 3. The minimum Gasteiger partial charge on any atom is -0.454 e. The number of halogens is 1. The largest absolute Gasteiger partial charge is 0.454 e. The van der Waals surface area contributed by atoms with Gasteiger partial charge in [0.1, 0.15) is 5.82 Å². The molecular weight excluding hydrogens is 338 g/mol. The maximum atomic E-state index is 12.1. The topological polar surface area (TPSA) is 86.5 Å². The van der Waals surface area contributed by atoms with Crippen molar-refractivity contribution >= 4 is 27.7 Å². The number of benzene rings is 1. The van der Waals surface area contributed by atoms with Crippen molar-refractivity contribution < 1.29 is 14.3 Å². The zero-order valence-corrected chi connectivity index (χ0v) is 12.5. The van der Waals surface area contributed by atoms with Gasteiger partial charge in [0.05, 0.1) is 5.56 Å². The molecule has 3 rings (SSSR count). The third-order valence-corrected chi connectivity index (χ3v) is 3.45. The van der Waals surface area contributed by atoms with Crippen LogP contribution >= 0.6 is 15.9 Å². The summed E-state index contributed by atoms with van der Waals surface area (Å²) in [5.74, 6) is 1.32. The highest BCUT2D eigenvalue weighted by Crippen LogP contribution is 2.32. The molecule has 0 saturated carbocycles. The standard InChI is InChI=1S/C14H12BrN3O3/c15-9-4-10(13(16)17-6-9)14(19)18-5-8-1-2-11-12(3-8)21-7-20-11/h1-4,6H,5,7H2,(H2,16,17)(H,18,19). The van der Waals surface area contributed by atoms with Gasteiger partial charge in [-0.15, -0.1) is 0 Å². The van der Waals surface area contributed by atoms with Gasteiger partial charge in [-0.2, -0.15) is 0 Å². The van der Waals surface area contributed by atoms with E-state index < -0.39 is 0 Å². The van der Waals surface area contributed by atoms with E-state index in [9.17, 15) is 4.79 Å². The molecule has 21 heavy (non-hydrogen) atoms. The maximum absolute atomic E-state index is 12.1. The van der Waals surface area contributed by atoms with Crippen LogP contribution in [0.4, 0.5) is 5.82 Å². The Kier molecular flexibility index (Phi) is 3.66. The molecule has 1 amide bonds. The molecule has 7 heteroatoms. The Morgan fingerprint density at radius 3 is 3.00 bits per heavy atom. The quantitative estimate of drug-likeness (QED) is 0.885. The second-order valence-electron chi connectivity index (χ2n) is 4.46. The van der Waals surface area contributed by atoms with Crippen molar-refractivity contribution in [2.45, 2.75) is 6.54 Å². The van der Waals surface area contributed by atoms with Crippen molar-refractivity contribution in [3.8, 4) is 11.5 Å². The second kappa shape index (κ2) is 5.61. The summed E-state index contributed by atoms with van der Waals surface area (Å²) in [5.41, 5.74) is 6.95. The van der Waals surface area contributed by atoms with Crippen LogP contribution in [0.2, 0.25) is 0 Å². The van der Waals surface area contributed by atoms with E-state index in [-0.39, 0.29) is 18.5 Å². The molecular formula is C14H12BrN3O3. The molecule has 6 nitrogen and oxygen atoms in total. The average Bonchev–Trinajstić information content (AvgIpc) is 2.94. The van der Waals surface area contributed by atoms with Gasteiger partial charge in [0.2, 0.25) is 6.79 Å². The molecule has 1 aliphatic heterocycles. The molecule has 0 aliphatic carbocycles. The number of pyridine rings is 1. The van der Waals surface area contributed by atoms with Gasteiger partial charge in [-0.3, -0.25) is 4.79 Å². The molecule has 2 aromatic rings. The Bertz CT molecular complexity index is 706. The van der Waals surface area contributed by atoms with E-state index in [4.69, 9.17) is 15.2 Å². The number of anilines is 1. The van der Waals surface area contributed by atoms with Gasteiger partial charge in [0.15, 0.2) is 11.5 Å². The van der Waals surface area contributed by atoms with Crippen molar-refractivity contribution in [3.63, 3.8) is 0 Å². The van der Waals surface area contributed by atoms with Crippen molar-refractivity contribution in [1.29, 1.82) is 0 Å². The second-order valence-corrected chi connectivity index (χ2v) is 5.37. The summed E-state index contributed by atoms with van der Waals surface area (Å²) < 4.78 is 11.2. The zero-order chi connectivity index (χ0) is 14.8. The lowest BCUT2D eigenvalue weighted by molar-refractivity contribution is 0.0951. The minimum atomic E-state index is -0.279. The number of carbonyl (C=O) groups is 1.